The van der Waals surface area contributed by atoms with Gasteiger partial charge in [0.05, 0.1) is 82.9 Å². The van der Waals surface area contributed by atoms with Gasteiger partial charge in [-0.1, -0.05) is 32.0 Å². The summed E-state index contributed by atoms with van der Waals surface area (Å²) in [6, 6.07) is 26.4. The number of rotatable bonds is 10. The maximum atomic E-state index is 5.49. The molecule has 132 heavy (non-hydrogen) atoms. The SMILES string of the molecule is Brc1ccncc1Br.Brc1cnccc1N1CCCCC1.C.C1CCNCC1.Cl.NCc1ccc2nccnc2c1.S=S=S=S=S=S=S=S=S=S=S=S=S=S=S=S=S=S=S=S=S.S=S=S=S=S=S=S=S=S=S=S=S=S=S=S=S=S=S=S=S=S=S.c1cc(N2CCCCC2)c(NCc2ccc3nccnc3c2)cn1.c1cc(N2CCNCC2)c(NCc2ccc3nccnc3c2)cn1. The third-order valence-corrected chi connectivity index (χ3v) is 101. The van der Waals surface area contributed by atoms with Gasteiger partial charge in [-0.2, -0.15) is 0 Å². The topological polar surface area (TPSA) is 213 Å². The molecule has 18 nitrogen and oxygen atoms in total. The minimum absolute atomic E-state index is 0. The summed E-state index contributed by atoms with van der Waals surface area (Å²) in [6.07, 6.45) is 37.1. The molecule has 0 spiro atoms. The number of nitrogens with two attached hydrogens (primary N) is 1. The first-order valence-corrected chi connectivity index (χ1v) is 93.9. The number of aromatic nitrogens is 10. The lowest BCUT2D eigenvalue weighted by Gasteiger charge is -2.31. The number of halogens is 4. The number of piperazine rings is 1. The highest BCUT2D eigenvalue weighted by Crippen LogP contribution is 2.30. The van der Waals surface area contributed by atoms with E-state index in [1.807, 2.05) is 73.6 Å². The Morgan fingerprint density at radius 2 is 0.561 bits per heavy atom. The molecule has 3 aromatic carbocycles. The number of hydrogen-bond donors (Lipinski definition) is 5. The van der Waals surface area contributed by atoms with Crippen molar-refractivity contribution in [2.45, 2.75) is 84.8 Å². The van der Waals surface area contributed by atoms with Gasteiger partial charge in [-0.25, -0.2) is 0 Å². The van der Waals surface area contributed by atoms with Crippen molar-refractivity contribution < 1.29 is 0 Å². The minimum Gasteiger partial charge on any atom is -0.378 e. The fraction of sp³-hybridized carbons (Fsp3) is 0.343. The Hall–Kier alpha value is 2.35. The van der Waals surface area contributed by atoms with Gasteiger partial charge in [0.15, 0.2) is 0 Å². The highest BCUT2D eigenvalue weighted by atomic mass is 79.9. The van der Waals surface area contributed by atoms with E-state index in [2.05, 4.69) is 176 Å². The molecule has 65 heteroatoms. The molecular weight excluding hydrogens is 2710 g/mol. The molecule has 4 aliphatic rings. The van der Waals surface area contributed by atoms with Crippen molar-refractivity contribution in [2.75, 3.05) is 90.8 Å². The van der Waals surface area contributed by atoms with E-state index in [4.69, 9.17) is 50.5 Å². The van der Waals surface area contributed by atoms with Crippen LogP contribution in [0.25, 0.3) is 33.1 Å². The molecule has 0 atom stereocenters. The lowest BCUT2D eigenvalue weighted by molar-refractivity contribution is 0.520. The normalized spacial score (nSPS) is 12.1. The smallest absolute Gasteiger partial charge is 0.0890 e. The number of nitrogens with zero attached hydrogens (tertiary/aromatic N) is 13. The molecular formula is C67H82Br3ClN18S43. The van der Waals surface area contributed by atoms with Crippen molar-refractivity contribution in [3.8, 4) is 0 Å². The summed E-state index contributed by atoms with van der Waals surface area (Å²) in [5.74, 6) is 0. The second-order valence-electron chi connectivity index (χ2n) is 23.7. The molecule has 726 valence electrons. The van der Waals surface area contributed by atoms with E-state index < -0.39 is 0 Å². The average molecular weight is 2790 g/mol. The number of benzene rings is 3. The Labute approximate surface area is 933 Å². The summed E-state index contributed by atoms with van der Waals surface area (Å²) in [5.41, 5.74) is 20.4. The van der Waals surface area contributed by atoms with Crippen LogP contribution in [0, 0.1) is 0 Å². The lowest BCUT2D eigenvalue weighted by atomic mass is 10.1. The van der Waals surface area contributed by atoms with Gasteiger partial charge < -0.3 is 41.7 Å². The van der Waals surface area contributed by atoms with Gasteiger partial charge in [-0.05, 0) is 190 Å². The first-order chi connectivity index (χ1) is 64.2. The van der Waals surface area contributed by atoms with Gasteiger partial charge in [-0.3, -0.25) is 49.8 Å². The molecule has 0 radical (unpaired) electrons. The zero-order chi connectivity index (χ0) is 91.7. The molecule has 11 heterocycles. The second kappa shape index (κ2) is 86.5. The molecule has 0 aliphatic carbocycles. The van der Waals surface area contributed by atoms with Crippen molar-refractivity contribution in [3.63, 3.8) is 0 Å². The third-order valence-electron chi connectivity index (χ3n) is 16.0. The first kappa shape index (κ1) is 125. The Bertz CT molecular complexity index is 6970. The molecule has 0 amide bonds. The van der Waals surface area contributed by atoms with Crippen LogP contribution in [-0.2, 0) is 411 Å². The Kier molecular flexibility index (Phi) is 81.8. The predicted molar refractivity (Wildman–Crippen MR) is 696 cm³/mol. The van der Waals surface area contributed by atoms with Gasteiger partial charge >= 0.3 is 0 Å². The van der Waals surface area contributed by atoms with Crippen LogP contribution in [0.5, 0.6) is 0 Å². The van der Waals surface area contributed by atoms with E-state index in [0.29, 0.717) is 6.54 Å². The predicted octanol–water partition coefficient (Wildman–Crippen LogP) is 13.9. The monoisotopic (exact) mass is 2790 g/mol. The zero-order valence-corrected chi connectivity index (χ0v) is 108. The van der Waals surface area contributed by atoms with Crippen LogP contribution in [0.1, 0.15) is 81.9 Å². The van der Waals surface area contributed by atoms with E-state index in [9.17, 15) is 0 Å². The number of fused-ring (bicyclic) bond motifs is 3. The number of piperidine rings is 3. The summed E-state index contributed by atoms with van der Waals surface area (Å²) >= 11 is 29.2. The maximum Gasteiger partial charge on any atom is 0.0890 e. The fourth-order valence-electron chi connectivity index (χ4n) is 10.7. The molecule has 4 saturated heterocycles. The summed E-state index contributed by atoms with van der Waals surface area (Å²) in [6.45, 7) is 13.2. The second-order valence-corrected chi connectivity index (χ2v) is 95.3. The molecule has 7 aromatic heterocycles. The van der Waals surface area contributed by atoms with E-state index in [-0.39, 0.29) is 19.8 Å². The van der Waals surface area contributed by atoms with Gasteiger partial charge in [0.1, 0.15) is 0 Å². The van der Waals surface area contributed by atoms with Crippen LogP contribution in [0.4, 0.5) is 28.4 Å². The maximum absolute atomic E-state index is 5.49. The Morgan fingerprint density at radius 3 is 0.856 bits per heavy atom. The third kappa shape index (κ3) is 58.6. The van der Waals surface area contributed by atoms with Gasteiger partial charge in [-0.15, -0.1) is 12.4 Å². The summed E-state index contributed by atoms with van der Waals surface area (Å²) in [5, 5.41) is 13.7. The van der Waals surface area contributed by atoms with Crippen LogP contribution < -0.4 is 41.7 Å². The van der Waals surface area contributed by atoms with Crippen LogP contribution in [-0.4, -0.2) is 115 Å². The fourth-order valence-corrected chi connectivity index (χ4v) is 108. The van der Waals surface area contributed by atoms with E-state index in [0.717, 1.165) is 116 Å². The molecule has 6 N–H and O–H groups in total. The molecule has 0 saturated carbocycles. The lowest BCUT2D eigenvalue weighted by Crippen LogP contribution is -2.43. The van der Waals surface area contributed by atoms with Gasteiger partial charge in [0.25, 0.3) is 0 Å². The van der Waals surface area contributed by atoms with Gasteiger partial charge in [0, 0.05) is 542 Å². The zero-order valence-electron chi connectivity index (χ0n) is 67.1. The number of hydrogen-bond acceptors (Lipinski definition) is 22. The molecule has 4 fully saturated rings. The van der Waals surface area contributed by atoms with Crippen LogP contribution in [0.15, 0.2) is 179 Å². The highest BCUT2D eigenvalue weighted by molar-refractivity contribution is 9.13. The first-order valence-electron chi connectivity index (χ1n) is 36.9. The number of anilines is 5. The average Bonchev–Trinajstić information content (AvgIpc) is 0.821. The molecule has 0 unspecified atom stereocenters. The molecule has 14 rings (SSSR count). The summed E-state index contributed by atoms with van der Waals surface area (Å²) in [7, 11) is 67.1. The molecule has 4 aliphatic heterocycles. The molecule has 10 aromatic rings. The van der Waals surface area contributed by atoms with Gasteiger partial charge in [0.2, 0.25) is 0 Å². The Morgan fingerprint density at radius 1 is 0.288 bits per heavy atom. The summed E-state index contributed by atoms with van der Waals surface area (Å²) in [4.78, 5) is 49.5. The Balaban J connectivity index is 0.000000274. The van der Waals surface area contributed by atoms with Crippen molar-refractivity contribution >= 4 is 513 Å². The highest BCUT2D eigenvalue weighted by Gasteiger charge is 2.17. The molecule has 0 bridgehead atoms. The standard InChI is InChI=1S/C19H21N5.C18H20N6.C10H13BrN2.C9H9N3.C5H3Br2N.C5H11N.CH4.ClH.S22.S21/c1-2-10-24(11-3-1)19-6-7-20-14-18(19)23-13-15-4-5-16-17(12-15)22-9-8-21-16;1-2-15-16(22-6-5-21-15)11-14(1)12-23-17-13-20-4-3-18(17)24-9-7-19-8-10-24;11-9-8-12-5-4-10(9)13-6-2-1-3-7-13;10-6-7-1-2-8-9(5-7)12-4-3-11-8;6-4-1-2-8-3-5(4)7;1-2-4-6-5-3-1;;;1-3-5-7-9-11-13-15-17-19-21-22-20-18-16-14-12-10-8-6-4-2;1-3-5-7-9-11-13-15-17-19-21-20-18-16-14-12-10-8-6-4-2/h4-9,12,14,23H,1-3,10-11,13H2;1-6,11,13,19,23H,7-10,12H2;4-5,8H,1-3,6-7H2;1-5H,6,10H2;1-3H;6H,1-5H2;1H4;1H;;. The largest absolute Gasteiger partial charge is 0.378 e. The van der Waals surface area contributed by atoms with Crippen LogP contribution in [0.3, 0.4) is 0 Å². The quantitative estimate of drug-likeness (QED) is 0.0861. The van der Waals surface area contributed by atoms with Crippen LogP contribution >= 0.6 is 60.2 Å². The van der Waals surface area contributed by atoms with Crippen molar-refractivity contribution in [2.24, 2.45) is 5.73 Å². The van der Waals surface area contributed by atoms with E-state index >= 15 is 0 Å². The van der Waals surface area contributed by atoms with E-state index in [1.165, 1.54) is 148 Å². The van der Waals surface area contributed by atoms with Crippen molar-refractivity contribution in [1.82, 2.24) is 60.5 Å². The number of nitrogens with one attached hydrogen (secondary N) is 4. The minimum atomic E-state index is 0. The number of pyridine rings is 4. The summed E-state index contributed by atoms with van der Waals surface area (Å²) < 4.78 is 3.13. The van der Waals surface area contributed by atoms with Crippen molar-refractivity contribution in [1.29, 1.82) is 0 Å². The van der Waals surface area contributed by atoms with E-state index in [1.54, 1.807) is 360 Å². The van der Waals surface area contributed by atoms with Crippen molar-refractivity contribution in [3.05, 3.63) is 196 Å². The van der Waals surface area contributed by atoms with Crippen LogP contribution in [0.2, 0.25) is 0 Å².